The van der Waals surface area contributed by atoms with Crippen LogP contribution in [0.25, 0.3) is 0 Å². The quantitative estimate of drug-likeness (QED) is 0.855. The highest BCUT2D eigenvalue weighted by Gasteiger charge is 2.48. The van der Waals surface area contributed by atoms with E-state index in [9.17, 15) is 9.59 Å². The van der Waals surface area contributed by atoms with E-state index in [1.165, 1.54) is 0 Å². The van der Waals surface area contributed by atoms with Crippen molar-refractivity contribution in [1.29, 1.82) is 5.26 Å². The predicted molar refractivity (Wildman–Crippen MR) is 66.9 cm³/mol. The number of nitrogens with one attached hydrogen (secondary N) is 1. The molecule has 0 heterocycles. The predicted octanol–water partition coefficient (Wildman–Crippen LogP) is 1.46. The van der Waals surface area contributed by atoms with Crippen molar-refractivity contribution in [2.45, 2.75) is 19.4 Å². The van der Waals surface area contributed by atoms with E-state index < -0.39 is 17.8 Å². The van der Waals surface area contributed by atoms with Crippen molar-refractivity contribution in [2.75, 3.05) is 0 Å². The van der Waals surface area contributed by atoms with Crippen LogP contribution >= 0.6 is 0 Å². The minimum absolute atomic E-state index is 0.199. The minimum atomic E-state index is -0.911. The number of rotatable bonds is 4. The van der Waals surface area contributed by atoms with Gasteiger partial charge >= 0.3 is 5.97 Å². The summed E-state index contributed by atoms with van der Waals surface area (Å²) >= 11 is 0. The summed E-state index contributed by atoms with van der Waals surface area (Å²) in [6.45, 7) is 1.83. The molecule has 0 radical (unpaired) electrons. The Morgan fingerprint density at radius 3 is 2.47 bits per heavy atom. The molecular weight excluding hydrogens is 244 g/mol. The van der Waals surface area contributed by atoms with Crippen LogP contribution in [0, 0.1) is 23.2 Å². The maximum absolute atomic E-state index is 11.8. The highest BCUT2D eigenvalue weighted by atomic mass is 16.4. The Morgan fingerprint density at radius 2 is 2.00 bits per heavy atom. The molecule has 0 aromatic heterocycles. The molecule has 0 aliphatic heterocycles. The summed E-state index contributed by atoms with van der Waals surface area (Å²) in [5, 5.41) is 20.3. The average Bonchev–Trinajstić information content (AvgIpc) is 3.19. The molecule has 1 aliphatic rings. The van der Waals surface area contributed by atoms with Crippen LogP contribution in [0.5, 0.6) is 0 Å². The molecule has 1 aromatic rings. The van der Waals surface area contributed by atoms with Crippen molar-refractivity contribution in [3.63, 3.8) is 0 Å². The molecule has 5 heteroatoms. The fraction of sp³-hybridized carbons (Fsp3) is 0.357. The van der Waals surface area contributed by atoms with Gasteiger partial charge in [0.2, 0.25) is 5.91 Å². The molecule has 2 rings (SSSR count). The molecular formula is C14H14N2O3. The van der Waals surface area contributed by atoms with Gasteiger partial charge in [-0.1, -0.05) is 12.1 Å². The Morgan fingerprint density at radius 1 is 1.37 bits per heavy atom. The topological polar surface area (TPSA) is 90.2 Å². The van der Waals surface area contributed by atoms with Crippen molar-refractivity contribution >= 4 is 11.9 Å². The number of carbonyl (C=O) groups excluding carboxylic acids is 1. The van der Waals surface area contributed by atoms with Crippen LogP contribution in [0.3, 0.4) is 0 Å². The van der Waals surface area contributed by atoms with Gasteiger partial charge < -0.3 is 10.4 Å². The second kappa shape index (κ2) is 5.11. The molecule has 19 heavy (non-hydrogen) atoms. The van der Waals surface area contributed by atoms with E-state index in [-0.39, 0.29) is 11.9 Å². The summed E-state index contributed by atoms with van der Waals surface area (Å²) in [6, 6.07) is 8.77. The smallest absolute Gasteiger partial charge is 0.307 e. The molecule has 1 aliphatic carbocycles. The van der Waals surface area contributed by atoms with Crippen molar-refractivity contribution in [2.24, 2.45) is 11.8 Å². The zero-order valence-electron chi connectivity index (χ0n) is 10.5. The van der Waals surface area contributed by atoms with Gasteiger partial charge in [-0.3, -0.25) is 9.59 Å². The van der Waals surface area contributed by atoms with Crippen molar-refractivity contribution in [3.05, 3.63) is 35.4 Å². The second-order valence-electron chi connectivity index (χ2n) is 4.75. The summed E-state index contributed by atoms with van der Waals surface area (Å²) in [7, 11) is 0. The molecule has 1 amide bonds. The SMILES string of the molecule is CC(NC(=O)C1CC1C(=O)O)c1ccc(C#N)cc1. The molecule has 0 spiro atoms. The Hall–Kier alpha value is -2.35. The number of hydrogen-bond acceptors (Lipinski definition) is 3. The summed E-state index contributed by atoms with van der Waals surface area (Å²) in [6.07, 6.45) is 0.418. The van der Waals surface area contributed by atoms with Crippen molar-refractivity contribution in [3.8, 4) is 6.07 Å². The number of hydrogen-bond donors (Lipinski definition) is 2. The maximum atomic E-state index is 11.8. The van der Waals surface area contributed by atoms with Crippen LogP contribution in [0.1, 0.15) is 30.5 Å². The van der Waals surface area contributed by atoms with Crippen LogP contribution < -0.4 is 5.32 Å². The molecule has 3 unspecified atom stereocenters. The zero-order chi connectivity index (χ0) is 14.0. The Labute approximate surface area is 110 Å². The van der Waals surface area contributed by atoms with Gasteiger partial charge in [0.05, 0.1) is 29.5 Å². The van der Waals surface area contributed by atoms with Gasteiger partial charge in [0.25, 0.3) is 0 Å². The van der Waals surface area contributed by atoms with E-state index in [0.29, 0.717) is 12.0 Å². The van der Waals surface area contributed by atoms with Crippen molar-refractivity contribution in [1.82, 2.24) is 5.32 Å². The number of carboxylic acids is 1. The van der Waals surface area contributed by atoms with Gasteiger partial charge in [0.1, 0.15) is 0 Å². The fourth-order valence-electron chi connectivity index (χ4n) is 2.01. The average molecular weight is 258 g/mol. The number of amides is 1. The van der Waals surface area contributed by atoms with Gasteiger partial charge in [0, 0.05) is 0 Å². The standard InChI is InChI=1S/C14H14N2O3/c1-8(10-4-2-9(7-15)3-5-10)16-13(17)11-6-12(11)14(18)19/h2-5,8,11-12H,6H2,1H3,(H,16,17)(H,18,19). The molecule has 5 nitrogen and oxygen atoms in total. The van der Waals surface area contributed by atoms with Gasteiger partial charge in [-0.2, -0.15) is 5.26 Å². The third-order valence-electron chi connectivity index (χ3n) is 3.34. The van der Waals surface area contributed by atoms with E-state index in [1.54, 1.807) is 24.3 Å². The Bertz CT molecular complexity index is 545. The third-order valence-corrected chi connectivity index (χ3v) is 3.34. The molecule has 2 N–H and O–H groups in total. The summed E-state index contributed by atoms with van der Waals surface area (Å²) in [5.74, 6) is -2.07. The lowest BCUT2D eigenvalue weighted by molar-refractivity contribution is -0.140. The first-order valence-electron chi connectivity index (χ1n) is 6.06. The van der Waals surface area contributed by atoms with Crippen LogP contribution in [0.2, 0.25) is 0 Å². The first kappa shape index (κ1) is 13.1. The van der Waals surface area contributed by atoms with E-state index >= 15 is 0 Å². The summed E-state index contributed by atoms with van der Waals surface area (Å²) < 4.78 is 0. The van der Waals surface area contributed by atoms with E-state index in [1.807, 2.05) is 13.0 Å². The Balaban J connectivity index is 1.94. The van der Waals surface area contributed by atoms with E-state index in [2.05, 4.69) is 5.32 Å². The normalized spacial score (nSPS) is 22.1. The molecule has 0 saturated heterocycles. The van der Waals surface area contributed by atoms with Crippen LogP contribution in [-0.4, -0.2) is 17.0 Å². The van der Waals surface area contributed by atoms with E-state index in [0.717, 1.165) is 5.56 Å². The molecule has 1 fully saturated rings. The van der Waals surface area contributed by atoms with Crippen LogP contribution in [-0.2, 0) is 9.59 Å². The van der Waals surface area contributed by atoms with Gasteiger partial charge in [0.15, 0.2) is 0 Å². The first-order chi connectivity index (χ1) is 9.02. The number of carboxylic acid groups (broad SMARTS) is 1. The minimum Gasteiger partial charge on any atom is -0.481 e. The molecule has 3 atom stereocenters. The molecule has 1 aromatic carbocycles. The van der Waals surface area contributed by atoms with Gasteiger partial charge in [-0.05, 0) is 31.0 Å². The monoisotopic (exact) mass is 258 g/mol. The molecule has 1 saturated carbocycles. The van der Waals surface area contributed by atoms with Crippen LogP contribution in [0.15, 0.2) is 24.3 Å². The third kappa shape index (κ3) is 2.91. The lowest BCUT2D eigenvalue weighted by Crippen LogP contribution is -2.29. The highest BCUT2D eigenvalue weighted by molar-refractivity contribution is 5.89. The number of nitrogens with zero attached hydrogens (tertiary/aromatic N) is 1. The Kier molecular flexibility index (Phi) is 3.52. The highest BCUT2D eigenvalue weighted by Crippen LogP contribution is 2.39. The number of nitriles is 1. The number of aliphatic carboxylic acids is 1. The lowest BCUT2D eigenvalue weighted by Gasteiger charge is -2.14. The summed E-state index contributed by atoms with van der Waals surface area (Å²) in [5.41, 5.74) is 1.45. The lowest BCUT2D eigenvalue weighted by atomic mass is 10.1. The largest absolute Gasteiger partial charge is 0.481 e. The zero-order valence-corrected chi connectivity index (χ0v) is 10.5. The summed E-state index contributed by atoms with van der Waals surface area (Å²) in [4.78, 5) is 22.5. The second-order valence-corrected chi connectivity index (χ2v) is 4.75. The van der Waals surface area contributed by atoms with Gasteiger partial charge in [-0.25, -0.2) is 0 Å². The fourth-order valence-corrected chi connectivity index (χ4v) is 2.01. The number of benzene rings is 1. The van der Waals surface area contributed by atoms with E-state index in [4.69, 9.17) is 10.4 Å². The van der Waals surface area contributed by atoms with Crippen LogP contribution in [0.4, 0.5) is 0 Å². The number of carbonyl (C=O) groups is 2. The molecule has 0 bridgehead atoms. The maximum Gasteiger partial charge on any atom is 0.307 e. The molecule has 98 valence electrons. The first-order valence-corrected chi connectivity index (χ1v) is 6.06. The van der Waals surface area contributed by atoms with Crippen molar-refractivity contribution < 1.29 is 14.7 Å². The van der Waals surface area contributed by atoms with Gasteiger partial charge in [-0.15, -0.1) is 0 Å².